The molecular formula is C8H9N3O. The van der Waals surface area contributed by atoms with Gasteiger partial charge in [-0.2, -0.15) is 0 Å². The van der Waals surface area contributed by atoms with Gasteiger partial charge < -0.3 is 10.6 Å². The lowest BCUT2D eigenvalue weighted by molar-refractivity contribution is -0.115. The largest absolute Gasteiger partial charge is 0.383 e. The lowest BCUT2D eigenvalue weighted by Crippen LogP contribution is -2.10. The summed E-state index contributed by atoms with van der Waals surface area (Å²) in [5.74, 6) is 0.0363. The molecule has 2 rings (SSSR count). The van der Waals surface area contributed by atoms with Gasteiger partial charge in [-0.1, -0.05) is 0 Å². The first-order valence-electron chi connectivity index (χ1n) is 3.84. The molecule has 4 nitrogen and oxygen atoms in total. The van der Waals surface area contributed by atoms with Crippen molar-refractivity contribution in [3.05, 3.63) is 18.5 Å². The van der Waals surface area contributed by atoms with E-state index in [1.54, 1.807) is 12.4 Å². The Morgan fingerprint density at radius 2 is 2.33 bits per heavy atom. The van der Waals surface area contributed by atoms with Crippen LogP contribution in [0.4, 0.5) is 11.4 Å². The predicted molar refractivity (Wildman–Crippen MR) is 46.0 cm³/mol. The number of carbonyl (C=O) groups is 1. The third-order valence-corrected chi connectivity index (χ3v) is 1.76. The van der Waals surface area contributed by atoms with E-state index in [4.69, 9.17) is 0 Å². The SMILES string of the molecule is O=C1CCNc2ccncc2N1. The Morgan fingerprint density at radius 3 is 3.25 bits per heavy atom. The van der Waals surface area contributed by atoms with Gasteiger partial charge in [0.15, 0.2) is 0 Å². The van der Waals surface area contributed by atoms with Crippen molar-refractivity contribution in [3.63, 3.8) is 0 Å². The van der Waals surface area contributed by atoms with Gasteiger partial charge in [-0.3, -0.25) is 9.78 Å². The summed E-state index contributed by atoms with van der Waals surface area (Å²) >= 11 is 0. The fourth-order valence-corrected chi connectivity index (χ4v) is 1.17. The smallest absolute Gasteiger partial charge is 0.226 e. The van der Waals surface area contributed by atoms with E-state index in [1.165, 1.54) is 0 Å². The average Bonchev–Trinajstić information content (AvgIpc) is 2.25. The number of pyridine rings is 1. The van der Waals surface area contributed by atoms with Gasteiger partial charge in [0.05, 0.1) is 17.6 Å². The van der Waals surface area contributed by atoms with Crippen molar-refractivity contribution >= 4 is 17.3 Å². The molecule has 1 aliphatic rings. The number of fused-ring (bicyclic) bond motifs is 1. The molecule has 0 bridgehead atoms. The zero-order valence-electron chi connectivity index (χ0n) is 6.50. The standard InChI is InChI=1S/C8H9N3O/c12-8-2-4-10-6-1-3-9-5-7(6)11-8/h1,3,5,10H,2,4H2,(H,11,12). The van der Waals surface area contributed by atoms with Crippen LogP contribution in [0.3, 0.4) is 0 Å². The highest BCUT2D eigenvalue weighted by Crippen LogP contribution is 2.21. The number of rotatable bonds is 0. The van der Waals surface area contributed by atoms with Gasteiger partial charge in [0.1, 0.15) is 0 Å². The lowest BCUT2D eigenvalue weighted by Gasteiger charge is -2.04. The summed E-state index contributed by atoms with van der Waals surface area (Å²) in [6, 6.07) is 1.85. The maximum Gasteiger partial charge on any atom is 0.226 e. The Balaban J connectivity index is 2.37. The molecule has 62 valence electrons. The van der Waals surface area contributed by atoms with Crippen LogP contribution in [0.15, 0.2) is 18.5 Å². The van der Waals surface area contributed by atoms with Crippen LogP contribution in [0.5, 0.6) is 0 Å². The molecule has 2 heterocycles. The highest BCUT2D eigenvalue weighted by Gasteiger charge is 2.10. The number of aromatic nitrogens is 1. The van der Waals surface area contributed by atoms with Gasteiger partial charge in [0, 0.05) is 19.2 Å². The highest BCUT2D eigenvalue weighted by molar-refractivity contribution is 5.95. The van der Waals surface area contributed by atoms with E-state index in [9.17, 15) is 4.79 Å². The van der Waals surface area contributed by atoms with Crippen molar-refractivity contribution < 1.29 is 4.79 Å². The molecular weight excluding hydrogens is 154 g/mol. The Bertz CT molecular complexity index is 311. The molecule has 0 unspecified atom stereocenters. The van der Waals surface area contributed by atoms with E-state index >= 15 is 0 Å². The van der Waals surface area contributed by atoms with Crippen LogP contribution in [-0.4, -0.2) is 17.4 Å². The molecule has 1 amide bonds. The molecule has 0 atom stereocenters. The quantitative estimate of drug-likeness (QED) is 0.595. The van der Waals surface area contributed by atoms with Crippen LogP contribution >= 0.6 is 0 Å². The molecule has 0 fully saturated rings. The van der Waals surface area contributed by atoms with Gasteiger partial charge >= 0.3 is 0 Å². The summed E-state index contributed by atoms with van der Waals surface area (Å²) in [6.07, 6.45) is 3.85. The molecule has 0 radical (unpaired) electrons. The second-order valence-corrected chi connectivity index (χ2v) is 2.65. The van der Waals surface area contributed by atoms with Crippen LogP contribution in [0.1, 0.15) is 6.42 Å². The second kappa shape index (κ2) is 2.81. The topological polar surface area (TPSA) is 54.0 Å². The highest BCUT2D eigenvalue weighted by atomic mass is 16.1. The van der Waals surface area contributed by atoms with Crippen molar-refractivity contribution in [3.8, 4) is 0 Å². The Labute approximate surface area is 70.0 Å². The third kappa shape index (κ3) is 1.23. The van der Waals surface area contributed by atoms with Crippen molar-refractivity contribution in [1.29, 1.82) is 0 Å². The number of hydrogen-bond acceptors (Lipinski definition) is 3. The zero-order valence-corrected chi connectivity index (χ0v) is 6.50. The van der Waals surface area contributed by atoms with E-state index in [-0.39, 0.29) is 5.91 Å². The van der Waals surface area contributed by atoms with Crippen molar-refractivity contribution in [2.24, 2.45) is 0 Å². The first-order chi connectivity index (χ1) is 5.86. The molecule has 2 N–H and O–H groups in total. The van der Waals surface area contributed by atoms with Crippen LogP contribution in [0, 0.1) is 0 Å². The fraction of sp³-hybridized carbons (Fsp3) is 0.250. The molecule has 4 heteroatoms. The van der Waals surface area contributed by atoms with Crippen LogP contribution in [0.2, 0.25) is 0 Å². The second-order valence-electron chi connectivity index (χ2n) is 2.65. The zero-order chi connectivity index (χ0) is 8.39. The summed E-state index contributed by atoms with van der Waals surface area (Å²) in [4.78, 5) is 15.0. The average molecular weight is 163 g/mol. The monoisotopic (exact) mass is 163 g/mol. The van der Waals surface area contributed by atoms with E-state index in [2.05, 4.69) is 15.6 Å². The molecule has 0 aromatic carbocycles. The summed E-state index contributed by atoms with van der Waals surface area (Å²) in [5, 5.41) is 5.89. The minimum Gasteiger partial charge on any atom is -0.383 e. The van der Waals surface area contributed by atoms with Crippen molar-refractivity contribution in [2.75, 3.05) is 17.2 Å². The van der Waals surface area contributed by atoms with Gasteiger partial charge in [0.25, 0.3) is 0 Å². The first-order valence-corrected chi connectivity index (χ1v) is 3.84. The Morgan fingerprint density at radius 1 is 1.42 bits per heavy atom. The number of carbonyl (C=O) groups excluding carboxylic acids is 1. The van der Waals surface area contributed by atoms with Crippen LogP contribution in [0.25, 0.3) is 0 Å². The molecule has 1 aromatic heterocycles. The number of anilines is 2. The Hall–Kier alpha value is -1.58. The van der Waals surface area contributed by atoms with E-state index < -0.39 is 0 Å². The maximum absolute atomic E-state index is 11.1. The molecule has 1 aliphatic heterocycles. The number of nitrogens with zero attached hydrogens (tertiary/aromatic N) is 1. The molecule has 0 saturated heterocycles. The lowest BCUT2D eigenvalue weighted by atomic mass is 10.3. The number of amides is 1. The van der Waals surface area contributed by atoms with Crippen LogP contribution in [-0.2, 0) is 4.79 Å². The molecule has 0 saturated carbocycles. The van der Waals surface area contributed by atoms with Gasteiger partial charge in [-0.25, -0.2) is 0 Å². The minimum absolute atomic E-state index is 0.0363. The van der Waals surface area contributed by atoms with Gasteiger partial charge in [-0.15, -0.1) is 0 Å². The van der Waals surface area contributed by atoms with Gasteiger partial charge in [0.2, 0.25) is 5.91 Å². The summed E-state index contributed by atoms with van der Waals surface area (Å²) < 4.78 is 0. The summed E-state index contributed by atoms with van der Waals surface area (Å²) in [6.45, 7) is 0.683. The first kappa shape index (κ1) is 7.09. The minimum atomic E-state index is 0.0363. The molecule has 1 aromatic rings. The molecule has 0 aliphatic carbocycles. The van der Waals surface area contributed by atoms with Crippen LogP contribution < -0.4 is 10.6 Å². The summed E-state index contributed by atoms with van der Waals surface area (Å²) in [5.41, 5.74) is 1.70. The molecule has 0 spiro atoms. The van der Waals surface area contributed by atoms with E-state index in [1.807, 2.05) is 6.07 Å². The maximum atomic E-state index is 11.1. The van der Waals surface area contributed by atoms with Crippen molar-refractivity contribution in [2.45, 2.75) is 6.42 Å². The van der Waals surface area contributed by atoms with E-state index in [0.29, 0.717) is 13.0 Å². The number of nitrogens with one attached hydrogen (secondary N) is 2. The number of hydrogen-bond donors (Lipinski definition) is 2. The Kier molecular flexibility index (Phi) is 1.66. The third-order valence-electron chi connectivity index (χ3n) is 1.76. The fourth-order valence-electron chi connectivity index (χ4n) is 1.17. The predicted octanol–water partition coefficient (Wildman–Crippen LogP) is 0.836. The normalized spacial score (nSPS) is 15.5. The van der Waals surface area contributed by atoms with Gasteiger partial charge in [-0.05, 0) is 6.07 Å². The molecule has 12 heavy (non-hydrogen) atoms. The summed E-state index contributed by atoms with van der Waals surface area (Å²) in [7, 11) is 0. The van der Waals surface area contributed by atoms with E-state index in [0.717, 1.165) is 11.4 Å². The van der Waals surface area contributed by atoms with Crippen molar-refractivity contribution in [1.82, 2.24) is 4.98 Å².